The number of rotatable bonds is 6. The van der Waals surface area contributed by atoms with Crippen LogP contribution in [0.1, 0.15) is 18.9 Å². The number of ether oxygens (including phenoxy) is 1. The molecule has 1 rings (SSSR count). The number of carbonyl (C=O) groups excluding carboxylic acids is 1. The second-order valence-corrected chi connectivity index (χ2v) is 5.03. The molecule has 0 fully saturated rings. The molecule has 1 N–H and O–H groups in total. The molecular formula is C14H18ClF3N2O2. The van der Waals surface area contributed by atoms with Gasteiger partial charge in [0.25, 0.3) is 0 Å². The van der Waals surface area contributed by atoms with E-state index in [9.17, 15) is 18.0 Å². The summed E-state index contributed by atoms with van der Waals surface area (Å²) in [6.45, 7) is 2.89. The first kappa shape index (κ1) is 18.6. The minimum atomic E-state index is -4.60. The van der Waals surface area contributed by atoms with Crippen LogP contribution in [0.2, 0.25) is 5.02 Å². The molecule has 0 aliphatic rings. The van der Waals surface area contributed by atoms with Crippen molar-refractivity contribution in [2.75, 3.05) is 32.1 Å². The number of alkyl halides is 3. The number of benzene rings is 1. The first-order valence-electron chi connectivity index (χ1n) is 6.71. The van der Waals surface area contributed by atoms with E-state index < -0.39 is 17.8 Å². The molecule has 124 valence electrons. The van der Waals surface area contributed by atoms with Crippen molar-refractivity contribution in [2.24, 2.45) is 0 Å². The average molecular weight is 339 g/mol. The minimum Gasteiger partial charge on any atom is -0.383 e. The highest BCUT2D eigenvalue weighted by Crippen LogP contribution is 2.36. The van der Waals surface area contributed by atoms with E-state index in [4.69, 9.17) is 16.3 Å². The van der Waals surface area contributed by atoms with Gasteiger partial charge in [-0.15, -0.1) is 0 Å². The maximum absolute atomic E-state index is 13.0. The molecule has 0 aliphatic carbocycles. The number of carbonyl (C=O) groups is 1. The Labute approximate surface area is 132 Å². The molecule has 0 spiro atoms. The number of nitrogens with one attached hydrogen (secondary N) is 1. The first-order valence-corrected chi connectivity index (χ1v) is 7.09. The van der Waals surface area contributed by atoms with Gasteiger partial charge in [-0.1, -0.05) is 18.5 Å². The summed E-state index contributed by atoms with van der Waals surface area (Å²) in [5.41, 5.74) is -1.29. The van der Waals surface area contributed by atoms with Crippen LogP contribution >= 0.6 is 11.6 Å². The summed E-state index contributed by atoms with van der Waals surface area (Å²) in [6, 6.07) is 2.62. The number of amides is 2. The molecule has 0 atom stereocenters. The van der Waals surface area contributed by atoms with Gasteiger partial charge in [0.2, 0.25) is 0 Å². The van der Waals surface area contributed by atoms with Crippen molar-refractivity contribution < 1.29 is 22.7 Å². The fourth-order valence-corrected chi connectivity index (χ4v) is 2.01. The van der Waals surface area contributed by atoms with Crippen molar-refractivity contribution in [1.29, 1.82) is 0 Å². The van der Waals surface area contributed by atoms with Gasteiger partial charge in [0.15, 0.2) is 0 Å². The van der Waals surface area contributed by atoms with Crippen molar-refractivity contribution in [1.82, 2.24) is 4.90 Å². The monoisotopic (exact) mass is 338 g/mol. The van der Waals surface area contributed by atoms with E-state index in [1.54, 1.807) is 0 Å². The van der Waals surface area contributed by atoms with Crippen LogP contribution < -0.4 is 5.32 Å². The fraction of sp³-hybridized carbons (Fsp3) is 0.500. The summed E-state index contributed by atoms with van der Waals surface area (Å²) in [6.07, 6.45) is -3.92. The summed E-state index contributed by atoms with van der Waals surface area (Å²) in [5, 5.41) is 2.24. The lowest BCUT2D eigenvalue weighted by atomic mass is 10.1. The van der Waals surface area contributed by atoms with E-state index in [2.05, 4.69) is 5.32 Å². The number of hydrogen-bond acceptors (Lipinski definition) is 2. The largest absolute Gasteiger partial charge is 0.418 e. The predicted octanol–water partition coefficient (Wildman–Crippen LogP) is 4.25. The van der Waals surface area contributed by atoms with Gasteiger partial charge >= 0.3 is 12.2 Å². The van der Waals surface area contributed by atoms with Crippen LogP contribution in [0.3, 0.4) is 0 Å². The summed E-state index contributed by atoms with van der Waals surface area (Å²) < 4.78 is 43.9. The van der Waals surface area contributed by atoms with Gasteiger partial charge in [0.1, 0.15) is 0 Å². The lowest BCUT2D eigenvalue weighted by Gasteiger charge is -2.23. The molecule has 0 saturated heterocycles. The normalized spacial score (nSPS) is 11.4. The van der Waals surface area contributed by atoms with Gasteiger partial charge in [-0.05, 0) is 24.6 Å². The van der Waals surface area contributed by atoms with Crippen molar-refractivity contribution in [2.45, 2.75) is 19.5 Å². The molecule has 22 heavy (non-hydrogen) atoms. The molecule has 1 aromatic carbocycles. The summed E-state index contributed by atoms with van der Waals surface area (Å²) in [7, 11) is 1.49. The van der Waals surface area contributed by atoms with Gasteiger partial charge in [0.05, 0.1) is 17.9 Å². The molecule has 0 aromatic heterocycles. The summed E-state index contributed by atoms with van der Waals surface area (Å²) >= 11 is 5.60. The topological polar surface area (TPSA) is 41.6 Å². The van der Waals surface area contributed by atoms with Gasteiger partial charge in [-0.3, -0.25) is 0 Å². The van der Waals surface area contributed by atoms with Crippen LogP contribution in [0.5, 0.6) is 0 Å². The zero-order chi connectivity index (χ0) is 16.8. The van der Waals surface area contributed by atoms with E-state index in [-0.39, 0.29) is 10.7 Å². The lowest BCUT2D eigenvalue weighted by Crippen LogP contribution is -2.38. The Morgan fingerprint density at radius 1 is 1.36 bits per heavy atom. The third-order valence-corrected chi connectivity index (χ3v) is 3.11. The van der Waals surface area contributed by atoms with Crippen molar-refractivity contribution in [3.63, 3.8) is 0 Å². The van der Waals surface area contributed by atoms with Gasteiger partial charge in [0, 0.05) is 25.2 Å². The molecule has 1 aromatic rings. The van der Waals surface area contributed by atoms with E-state index in [0.717, 1.165) is 12.1 Å². The standard InChI is InChI=1S/C14H18ClF3N2O2/c1-3-6-20(7-8-22-2)13(21)19-12-5-4-10(15)9-11(12)14(16,17)18/h4-5,9H,3,6-8H2,1-2H3,(H,19,21). The lowest BCUT2D eigenvalue weighted by molar-refractivity contribution is -0.136. The number of anilines is 1. The highest BCUT2D eigenvalue weighted by molar-refractivity contribution is 6.30. The molecule has 8 heteroatoms. The molecule has 0 bridgehead atoms. The molecule has 0 radical (unpaired) electrons. The van der Waals surface area contributed by atoms with E-state index >= 15 is 0 Å². The molecule has 0 unspecified atom stereocenters. The van der Waals surface area contributed by atoms with E-state index in [1.807, 2.05) is 6.92 Å². The third-order valence-electron chi connectivity index (χ3n) is 2.87. The average Bonchev–Trinajstić information content (AvgIpc) is 2.44. The highest BCUT2D eigenvalue weighted by Gasteiger charge is 2.34. The zero-order valence-electron chi connectivity index (χ0n) is 12.3. The van der Waals surface area contributed by atoms with Crippen molar-refractivity contribution >= 4 is 23.3 Å². The Balaban J connectivity index is 2.95. The zero-order valence-corrected chi connectivity index (χ0v) is 13.1. The maximum Gasteiger partial charge on any atom is 0.418 e. The Hall–Kier alpha value is -1.47. The van der Waals surface area contributed by atoms with Crippen LogP contribution in [0.25, 0.3) is 0 Å². The van der Waals surface area contributed by atoms with E-state index in [1.165, 1.54) is 18.1 Å². The second-order valence-electron chi connectivity index (χ2n) is 4.60. The van der Waals surface area contributed by atoms with Crippen LogP contribution in [0, 0.1) is 0 Å². The van der Waals surface area contributed by atoms with Gasteiger partial charge in [-0.2, -0.15) is 13.2 Å². The molecule has 2 amide bonds. The summed E-state index contributed by atoms with van der Waals surface area (Å²) in [4.78, 5) is 13.5. The van der Waals surface area contributed by atoms with E-state index in [0.29, 0.717) is 26.1 Å². The number of hydrogen-bond donors (Lipinski definition) is 1. The number of methoxy groups -OCH3 is 1. The minimum absolute atomic E-state index is 0.0462. The van der Waals surface area contributed by atoms with Crippen molar-refractivity contribution in [3.8, 4) is 0 Å². The third kappa shape index (κ3) is 5.38. The Bertz CT molecular complexity index is 509. The first-order chi connectivity index (χ1) is 10.3. The summed E-state index contributed by atoms with van der Waals surface area (Å²) in [5.74, 6) is 0. The van der Waals surface area contributed by atoms with Crippen LogP contribution in [-0.4, -0.2) is 37.7 Å². The number of nitrogens with zero attached hydrogens (tertiary/aromatic N) is 1. The Morgan fingerprint density at radius 3 is 2.59 bits per heavy atom. The number of urea groups is 1. The molecule has 0 heterocycles. The smallest absolute Gasteiger partial charge is 0.383 e. The molecular weight excluding hydrogens is 321 g/mol. The Kier molecular flexibility index (Phi) is 6.96. The van der Waals surface area contributed by atoms with Crippen LogP contribution in [0.15, 0.2) is 18.2 Å². The molecule has 0 saturated carbocycles. The molecule has 0 aliphatic heterocycles. The number of halogens is 4. The van der Waals surface area contributed by atoms with Gasteiger partial charge < -0.3 is 15.0 Å². The fourth-order valence-electron chi connectivity index (χ4n) is 1.84. The van der Waals surface area contributed by atoms with Crippen LogP contribution in [0.4, 0.5) is 23.7 Å². The SMILES string of the molecule is CCCN(CCOC)C(=O)Nc1ccc(Cl)cc1C(F)(F)F. The molecule has 4 nitrogen and oxygen atoms in total. The maximum atomic E-state index is 13.0. The van der Waals surface area contributed by atoms with Crippen molar-refractivity contribution in [3.05, 3.63) is 28.8 Å². The Morgan fingerprint density at radius 2 is 2.05 bits per heavy atom. The second kappa shape index (κ2) is 8.24. The van der Waals surface area contributed by atoms with Crippen LogP contribution in [-0.2, 0) is 10.9 Å². The quantitative estimate of drug-likeness (QED) is 0.842. The van der Waals surface area contributed by atoms with Gasteiger partial charge in [-0.25, -0.2) is 4.79 Å². The highest BCUT2D eigenvalue weighted by atomic mass is 35.5. The predicted molar refractivity (Wildman–Crippen MR) is 79.2 cm³/mol.